The molecule has 1 saturated carbocycles. The van der Waals surface area contributed by atoms with Gasteiger partial charge in [0.05, 0.1) is 18.8 Å². The lowest BCUT2D eigenvalue weighted by Gasteiger charge is -2.27. The van der Waals surface area contributed by atoms with Crippen molar-refractivity contribution in [2.45, 2.75) is 65.1 Å². The largest absolute Gasteiger partial charge is 0.389 e. The van der Waals surface area contributed by atoms with Gasteiger partial charge in [-0.2, -0.15) is 0 Å². The van der Waals surface area contributed by atoms with E-state index in [1.54, 1.807) is 0 Å². The highest BCUT2D eigenvalue weighted by molar-refractivity contribution is 4.71. The van der Waals surface area contributed by atoms with Gasteiger partial charge in [0, 0.05) is 19.8 Å². The van der Waals surface area contributed by atoms with Gasteiger partial charge in [0.2, 0.25) is 0 Å². The summed E-state index contributed by atoms with van der Waals surface area (Å²) in [6, 6.07) is 0. The summed E-state index contributed by atoms with van der Waals surface area (Å²) in [4.78, 5) is 0. The molecule has 4 heteroatoms. The van der Waals surface area contributed by atoms with E-state index < -0.39 is 6.10 Å². The average molecular weight is 301 g/mol. The van der Waals surface area contributed by atoms with Gasteiger partial charge in [-0.05, 0) is 50.5 Å². The maximum Gasteiger partial charge on any atom is 0.0897 e. The summed E-state index contributed by atoms with van der Waals surface area (Å²) in [6.07, 6.45) is 5.76. The number of hydrogen-bond acceptors (Lipinski definition) is 4. The van der Waals surface area contributed by atoms with Crippen LogP contribution in [0.15, 0.2) is 0 Å². The van der Waals surface area contributed by atoms with Crippen molar-refractivity contribution in [2.75, 3.05) is 32.9 Å². The summed E-state index contributed by atoms with van der Waals surface area (Å²) < 4.78 is 11.3. The molecular weight excluding hydrogens is 266 g/mol. The molecular formula is C17H35NO3. The number of hydrogen-bond donors (Lipinski definition) is 2. The van der Waals surface area contributed by atoms with Crippen molar-refractivity contribution in [3.8, 4) is 0 Å². The van der Waals surface area contributed by atoms with Crippen LogP contribution in [0.3, 0.4) is 0 Å². The molecule has 1 atom stereocenters. The Morgan fingerprint density at radius 2 is 1.86 bits per heavy atom. The molecule has 0 aromatic carbocycles. The number of aliphatic hydroxyl groups is 1. The van der Waals surface area contributed by atoms with E-state index in [0.29, 0.717) is 25.2 Å². The molecule has 1 rings (SSSR count). The Kier molecular flexibility index (Phi) is 10.3. The molecule has 0 bridgehead atoms. The first kappa shape index (κ1) is 18.9. The predicted octanol–water partition coefficient (Wildman–Crippen LogP) is 2.59. The first-order valence-electron chi connectivity index (χ1n) is 8.66. The van der Waals surface area contributed by atoms with Crippen LogP contribution in [-0.2, 0) is 9.47 Å². The molecule has 0 radical (unpaired) electrons. The average Bonchev–Trinajstić information content (AvgIpc) is 2.45. The molecule has 0 aromatic heterocycles. The van der Waals surface area contributed by atoms with E-state index in [2.05, 4.69) is 26.1 Å². The van der Waals surface area contributed by atoms with Crippen LogP contribution < -0.4 is 5.32 Å². The second-order valence-corrected chi connectivity index (χ2v) is 6.90. The zero-order valence-corrected chi connectivity index (χ0v) is 14.1. The highest BCUT2D eigenvalue weighted by Crippen LogP contribution is 2.25. The van der Waals surface area contributed by atoms with Gasteiger partial charge in [0.25, 0.3) is 0 Å². The molecule has 4 nitrogen and oxygen atoms in total. The molecule has 0 spiro atoms. The van der Waals surface area contributed by atoms with Crippen LogP contribution in [0, 0.1) is 11.8 Å². The highest BCUT2D eigenvalue weighted by atomic mass is 16.5. The van der Waals surface area contributed by atoms with E-state index in [1.807, 2.05) is 0 Å². The lowest BCUT2D eigenvalue weighted by Crippen LogP contribution is -2.33. The monoisotopic (exact) mass is 301 g/mol. The SMILES string of the molecule is CC(C)COCCCNCC(O)COC1CCC(C)CC1. The fourth-order valence-electron chi connectivity index (χ4n) is 2.59. The van der Waals surface area contributed by atoms with Gasteiger partial charge < -0.3 is 19.9 Å². The number of nitrogens with one attached hydrogen (secondary N) is 1. The Morgan fingerprint density at radius 1 is 1.14 bits per heavy atom. The van der Waals surface area contributed by atoms with Crippen molar-refractivity contribution < 1.29 is 14.6 Å². The van der Waals surface area contributed by atoms with Crippen molar-refractivity contribution >= 4 is 0 Å². The Bertz CT molecular complexity index is 240. The fourth-order valence-corrected chi connectivity index (χ4v) is 2.59. The topological polar surface area (TPSA) is 50.7 Å². The minimum Gasteiger partial charge on any atom is -0.389 e. The van der Waals surface area contributed by atoms with Gasteiger partial charge in [0.1, 0.15) is 0 Å². The molecule has 21 heavy (non-hydrogen) atoms. The second-order valence-electron chi connectivity index (χ2n) is 6.90. The van der Waals surface area contributed by atoms with Gasteiger partial charge >= 0.3 is 0 Å². The first-order chi connectivity index (χ1) is 10.1. The van der Waals surface area contributed by atoms with Crippen LogP contribution in [0.25, 0.3) is 0 Å². The van der Waals surface area contributed by atoms with Gasteiger partial charge in [-0.25, -0.2) is 0 Å². The Labute approximate surface area is 130 Å². The van der Waals surface area contributed by atoms with E-state index in [-0.39, 0.29) is 0 Å². The van der Waals surface area contributed by atoms with E-state index in [9.17, 15) is 5.11 Å². The van der Waals surface area contributed by atoms with Crippen molar-refractivity contribution in [1.29, 1.82) is 0 Å². The summed E-state index contributed by atoms with van der Waals surface area (Å²) in [5.41, 5.74) is 0. The lowest BCUT2D eigenvalue weighted by molar-refractivity contribution is -0.0278. The molecule has 126 valence electrons. The van der Waals surface area contributed by atoms with Crippen LogP contribution in [0.1, 0.15) is 52.9 Å². The van der Waals surface area contributed by atoms with Gasteiger partial charge in [-0.15, -0.1) is 0 Å². The van der Waals surface area contributed by atoms with Crippen LogP contribution >= 0.6 is 0 Å². The van der Waals surface area contributed by atoms with Crippen molar-refractivity contribution in [1.82, 2.24) is 5.32 Å². The van der Waals surface area contributed by atoms with E-state index in [4.69, 9.17) is 9.47 Å². The van der Waals surface area contributed by atoms with Crippen molar-refractivity contribution in [3.05, 3.63) is 0 Å². The Balaban J connectivity index is 1.88. The molecule has 0 aliphatic heterocycles. The van der Waals surface area contributed by atoms with Crippen LogP contribution in [0.4, 0.5) is 0 Å². The predicted molar refractivity (Wildman–Crippen MR) is 86.5 cm³/mol. The summed E-state index contributed by atoms with van der Waals surface area (Å²) in [5, 5.41) is 13.1. The standard InChI is InChI=1S/C17H35NO3/c1-14(2)12-20-10-4-9-18-11-16(19)13-21-17-7-5-15(3)6-8-17/h14-19H,4-13H2,1-3H3. The summed E-state index contributed by atoms with van der Waals surface area (Å²) in [6.45, 7) is 10.2. The quantitative estimate of drug-likeness (QED) is 0.576. The smallest absolute Gasteiger partial charge is 0.0897 e. The minimum absolute atomic E-state index is 0.361. The highest BCUT2D eigenvalue weighted by Gasteiger charge is 2.19. The Hall–Kier alpha value is -0.160. The minimum atomic E-state index is -0.402. The normalized spacial score (nSPS) is 24.4. The van der Waals surface area contributed by atoms with Crippen molar-refractivity contribution in [3.63, 3.8) is 0 Å². The molecule has 0 saturated heterocycles. The molecule has 1 aliphatic carbocycles. The van der Waals surface area contributed by atoms with E-state index >= 15 is 0 Å². The molecule has 1 aliphatic rings. The number of aliphatic hydroxyl groups excluding tert-OH is 1. The summed E-state index contributed by atoms with van der Waals surface area (Å²) >= 11 is 0. The number of rotatable bonds is 11. The fraction of sp³-hybridized carbons (Fsp3) is 1.00. The maximum atomic E-state index is 9.89. The Morgan fingerprint density at radius 3 is 2.52 bits per heavy atom. The molecule has 1 unspecified atom stereocenters. The van der Waals surface area contributed by atoms with E-state index in [0.717, 1.165) is 44.9 Å². The molecule has 2 N–H and O–H groups in total. The van der Waals surface area contributed by atoms with E-state index in [1.165, 1.54) is 12.8 Å². The summed E-state index contributed by atoms with van der Waals surface area (Å²) in [5.74, 6) is 1.44. The molecule has 0 amide bonds. The van der Waals surface area contributed by atoms with Crippen LogP contribution in [0.5, 0.6) is 0 Å². The molecule has 0 aromatic rings. The van der Waals surface area contributed by atoms with Gasteiger partial charge in [0.15, 0.2) is 0 Å². The maximum absolute atomic E-state index is 9.89. The molecule has 0 heterocycles. The zero-order chi connectivity index (χ0) is 15.5. The first-order valence-corrected chi connectivity index (χ1v) is 8.66. The third kappa shape index (κ3) is 10.2. The van der Waals surface area contributed by atoms with Crippen LogP contribution in [0.2, 0.25) is 0 Å². The molecule has 1 fully saturated rings. The van der Waals surface area contributed by atoms with Gasteiger partial charge in [-0.1, -0.05) is 20.8 Å². The van der Waals surface area contributed by atoms with Gasteiger partial charge in [-0.3, -0.25) is 0 Å². The third-order valence-corrected chi connectivity index (χ3v) is 3.96. The van der Waals surface area contributed by atoms with Crippen molar-refractivity contribution in [2.24, 2.45) is 11.8 Å². The number of ether oxygens (including phenoxy) is 2. The second kappa shape index (κ2) is 11.4. The lowest BCUT2D eigenvalue weighted by atomic mass is 9.89. The third-order valence-electron chi connectivity index (χ3n) is 3.96. The summed E-state index contributed by atoms with van der Waals surface area (Å²) in [7, 11) is 0. The zero-order valence-electron chi connectivity index (χ0n) is 14.1. The van der Waals surface area contributed by atoms with Crippen LogP contribution in [-0.4, -0.2) is 50.2 Å².